The Bertz CT molecular complexity index is 1370. The molecule has 0 unspecified atom stereocenters. The average molecular weight is 473 g/mol. The lowest BCUT2D eigenvalue weighted by atomic mass is 10.3. The first-order valence-electron chi connectivity index (χ1n) is 9.29. The fourth-order valence-corrected chi connectivity index (χ4v) is 3.94. The molecule has 0 radical (unpaired) electrons. The van der Waals surface area contributed by atoms with Crippen LogP contribution in [0.5, 0.6) is 5.75 Å². The van der Waals surface area contributed by atoms with Crippen molar-refractivity contribution >= 4 is 44.7 Å². The van der Waals surface area contributed by atoms with Crippen molar-refractivity contribution in [2.24, 2.45) is 0 Å². The van der Waals surface area contributed by atoms with Crippen molar-refractivity contribution in [1.29, 1.82) is 0 Å². The van der Waals surface area contributed by atoms with E-state index in [1.165, 1.54) is 36.4 Å². The number of fused-ring (bicyclic) bond motifs is 1. The van der Waals surface area contributed by atoms with Crippen molar-refractivity contribution < 1.29 is 17.9 Å². The first-order chi connectivity index (χ1) is 15.3. The number of carbonyl (C=O) groups excluding carboxylic acids is 1. The van der Waals surface area contributed by atoms with Gasteiger partial charge in [0.15, 0.2) is 29.0 Å². The van der Waals surface area contributed by atoms with Crippen molar-refractivity contribution in [2.45, 2.75) is 11.8 Å². The van der Waals surface area contributed by atoms with Gasteiger partial charge in [-0.3, -0.25) is 9.52 Å². The predicted octanol–water partition coefficient (Wildman–Crippen LogP) is 2.90. The number of rotatable bonds is 7. The predicted molar refractivity (Wildman–Crippen MR) is 118 cm³/mol. The standard InChI is InChI=1S/C20H17ClN6O4S/c1-13-11-27-10-2-3-16(20(27)22-13)31-12-19(28)23-14-4-6-15(7-5-14)32(29,30)26-18-9-8-17(21)24-25-18/h2-11H,12H2,1H3,(H,23,28)(H,25,26). The third kappa shape index (κ3) is 4.95. The maximum absolute atomic E-state index is 12.5. The van der Waals surface area contributed by atoms with Gasteiger partial charge in [-0.25, -0.2) is 13.4 Å². The number of ether oxygens (including phenoxy) is 1. The third-order valence-electron chi connectivity index (χ3n) is 4.25. The second kappa shape index (κ2) is 8.81. The fraction of sp³-hybridized carbons (Fsp3) is 0.100. The Balaban J connectivity index is 1.37. The van der Waals surface area contributed by atoms with Crippen LogP contribution in [0, 0.1) is 6.92 Å². The van der Waals surface area contributed by atoms with E-state index in [1.54, 1.807) is 12.1 Å². The third-order valence-corrected chi connectivity index (χ3v) is 5.82. The number of anilines is 2. The first-order valence-corrected chi connectivity index (χ1v) is 11.2. The number of hydrogen-bond acceptors (Lipinski definition) is 7. The number of imidazole rings is 1. The van der Waals surface area contributed by atoms with Crippen LogP contribution in [0.4, 0.5) is 11.5 Å². The van der Waals surface area contributed by atoms with Gasteiger partial charge in [0.2, 0.25) is 0 Å². The van der Waals surface area contributed by atoms with E-state index in [0.717, 1.165) is 5.69 Å². The zero-order chi connectivity index (χ0) is 22.7. The number of amides is 1. The SMILES string of the molecule is Cc1cn2cccc(OCC(=O)Nc3ccc(S(=O)(=O)Nc4ccc(Cl)nn4)cc3)c2n1. The monoisotopic (exact) mass is 472 g/mol. The molecular weight excluding hydrogens is 456 g/mol. The zero-order valence-corrected chi connectivity index (χ0v) is 18.3. The molecule has 12 heteroatoms. The molecule has 0 aliphatic rings. The van der Waals surface area contributed by atoms with Gasteiger partial charge < -0.3 is 14.5 Å². The highest BCUT2D eigenvalue weighted by Gasteiger charge is 2.16. The summed E-state index contributed by atoms with van der Waals surface area (Å²) in [6.45, 7) is 1.63. The molecule has 0 atom stereocenters. The minimum Gasteiger partial charge on any atom is -0.480 e. The Morgan fingerprint density at radius 1 is 1.12 bits per heavy atom. The molecule has 4 rings (SSSR count). The van der Waals surface area contributed by atoms with E-state index >= 15 is 0 Å². The van der Waals surface area contributed by atoms with Crippen LogP contribution in [0.15, 0.2) is 65.8 Å². The second-order valence-corrected chi connectivity index (χ2v) is 8.76. The van der Waals surface area contributed by atoms with E-state index < -0.39 is 15.9 Å². The van der Waals surface area contributed by atoms with Crippen LogP contribution in [-0.4, -0.2) is 40.5 Å². The summed E-state index contributed by atoms with van der Waals surface area (Å²) in [4.78, 5) is 16.6. The molecule has 2 N–H and O–H groups in total. The van der Waals surface area contributed by atoms with Gasteiger partial charge in [-0.15, -0.1) is 10.2 Å². The number of benzene rings is 1. The Morgan fingerprint density at radius 2 is 1.91 bits per heavy atom. The maximum Gasteiger partial charge on any atom is 0.263 e. The summed E-state index contributed by atoms with van der Waals surface area (Å²) in [7, 11) is -3.88. The van der Waals surface area contributed by atoms with Crippen LogP contribution in [0.1, 0.15) is 5.69 Å². The molecule has 3 aromatic heterocycles. The molecule has 10 nitrogen and oxygen atoms in total. The lowest BCUT2D eigenvalue weighted by Gasteiger charge is -2.10. The molecule has 0 saturated heterocycles. The van der Waals surface area contributed by atoms with E-state index in [2.05, 4.69) is 25.2 Å². The number of carbonyl (C=O) groups is 1. The number of halogens is 1. The van der Waals surface area contributed by atoms with E-state index in [1.807, 2.05) is 23.7 Å². The molecule has 0 fully saturated rings. The molecule has 0 spiro atoms. The van der Waals surface area contributed by atoms with Crippen LogP contribution in [0.25, 0.3) is 5.65 Å². The van der Waals surface area contributed by atoms with Gasteiger partial charge in [0.25, 0.3) is 15.9 Å². The van der Waals surface area contributed by atoms with Crippen LogP contribution < -0.4 is 14.8 Å². The van der Waals surface area contributed by atoms with Crippen LogP contribution in [-0.2, 0) is 14.8 Å². The average Bonchev–Trinajstić information content (AvgIpc) is 3.15. The van der Waals surface area contributed by atoms with Gasteiger partial charge in [-0.2, -0.15) is 0 Å². The van der Waals surface area contributed by atoms with Crippen molar-refractivity contribution in [1.82, 2.24) is 19.6 Å². The Hall–Kier alpha value is -3.70. The molecule has 0 aliphatic heterocycles. The zero-order valence-electron chi connectivity index (χ0n) is 16.7. The highest BCUT2D eigenvalue weighted by molar-refractivity contribution is 7.92. The fourth-order valence-electron chi connectivity index (χ4n) is 2.85. The summed E-state index contributed by atoms with van der Waals surface area (Å²) in [5.74, 6) is 0.112. The van der Waals surface area contributed by atoms with Crippen LogP contribution in [0.2, 0.25) is 5.15 Å². The summed E-state index contributed by atoms with van der Waals surface area (Å²) in [6.07, 6.45) is 3.69. The van der Waals surface area contributed by atoms with Crippen LogP contribution >= 0.6 is 11.6 Å². The summed E-state index contributed by atoms with van der Waals surface area (Å²) >= 11 is 5.64. The lowest BCUT2D eigenvalue weighted by Crippen LogP contribution is -2.20. The van der Waals surface area contributed by atoms with E-state index in [-0.39, 0.29) is 22.5 Å². The minimum atomic E-state index is -3.88. The molecule has 164 valence electrons. The number of aryl methyl sites for hydroxylation is 1. The van der Waals surface area contributed by atoms with Gasteiger partial charge in [0.05, 0.1) is 10.6 Å². The quantitative estimate of drug-likeness (QED) is 0.423. The molecule has 0 bridgehead atoms. The largest absolute Gasteiger partial charge is 0.480 e. The van der Waals surface area contributed by atoms with Gasteiger partial charge in [-0.05, 0) is 55.5 Å². The van der Waals surface area contributed by atoms with Gasteiger partial charge in [0.1, 0.15) is 0 Å². The maximum atomic E-state index is 12.5. The number of hydrogen-bond donors (Lipinski definition) is 2. The van der Waals surface area contributed by atoms with Gasteiger partial charge in [-0.1, -0.05) is 11.6 Å². The van der Waals surface area contributed by atoms with Crippen molar-refractivity contribution in [3.05, 3.63) is 71.8 Å². The van der Waals surface area contributed by atoms with E-state index in [0.29, 0.717) is 17.1 Å². The van der Waals surface area contributed by atoms with E-state index in [9.17, 15) is 13.2 Å². The number of nitrogens with one attached hydrogen (secondary N) is 2. The van der Waals surface area contributed by atoms with Crippen molar-refractivity contribution in [2.75, 3.05) is 16.6 Å². The van der Waals surface area contributed by atoms with Crippen molar-refractivity contribution in [3.8, 4) is 5.75 Å². The molecule has 0 saturated carbocycles. The minimum absolute atomic E-state index is 0.00939. The highest BCUT2D eigenvalue weighted by Crippen LogP contribution is 2.20. The van der Waals surface area contributed by atoms with E-state index in [4.69, 9.17) is 16.3 Å². The number of aromatic nitrogens is 4. The first kappa shape index (κ1) is 21.5. The Kier molecular flexibility index (Phi) is 5.93. The van der Waals surface area contributed by atoms with Crippen molar-refractivity contribution in [3.63, 3.8) is 0 Å². The topological polar surface area (TPSA) is 128 Å². The molecule has 4 aromatic rings. The molecular formula is C20H17ClN6O4S. The van der Waals surface area contributed by atoms with Crippen LogP contribution in [0.3, 0.4) is 0 Å². The molecule has 0 aliphatic carbocycles. The summed E-state index contributed by atoms with van der Waals surface area (Å²) in [5, 5.41) is 10.1. The molecule has 32 heavy (non-hydrogen) atoms. The Labute approximate surface area is 188 Å². The lowest BCUT2D eigenvalue weighted by molar-refractivity contribution is -0.118. The summed E-state index contributed by atoms with van der Waals surface area (Å²) < 4.78 is 34.6. The second-order valence-electron chi connectivity index (χ2n) is 6.69. The number of nitrogens with zero attached hydrogens (tertiary/aromatic N) is 4. The molecule has 3 heterocycles. The smallest absolute Gasteiger partial charge is 0.263 e. The molecule has 1 aromatic carbocycles. The summed E-state index contributed by atoms with van der Waals surface area (Å²) in [6, 6.07) is 12.0. The number of sulfonamides is 1. The molecule has 1 amide bonds. The Morgan fingerprint density at radius 3 is 2.62 bits per heavy atom. The van der Waals surface area contributed by atoms with Gasteiger partial charge >= 0.3 is 0 Å². The highest BCUT2D eigenvalue weighted by atomic mass is 35.5. The normalized spacial score (nSPS) is 11.3. The number of pyridine rings is 1. The summed E-state index contributed by atoms with van der Waals surface area (Å²) in [5.41, 5.74) is 1.86. The van der Waals surface area contributed by atoms with Gasteiger partial charge in [0, 0.05) is 18.1 Å².